The fourth-order valence-corrected chi connectivity index (χ4v) is 1.85. The van der Waals surface area contributed by atoms with Crippen molar-refractivity contribution in [1.29, 1.82) is 0 Å². The molecule has 7 nitrogen and oxygen atoms in total. The molecule has 0 saturated carbocycles. The minimum atomic E-state index is -1.19. The van der Waals surface area contributed by atoms with E-state index in [2.05, 4.69) is 4.99 Å². The SMILES string of the molecule is CC(=O)OC(CC=N/C=C(\N)c1ccccc1)[C@H](C=O)OC(C)=O. The first-order valence-electron chi connectivity index (χ1n) is 7.26. The molecule has 0 aliphatic heterocycles. The van der Waals surface area contributed by atoms with Crippen LogP contribution in [-0.4, -0.2) is 36.6 Å². The number of esters is 2. The Hall–Kier alpha value is -2.96. The molecule has 0 amide bonds. The van der Waals surface area contributed by atoms with E-state index in [1.165, 1.54) is 26.3 Å². The topological polar surface area (TPSA) is 108 Å². The van der Waals surface area contributed by atoms with E-state index in [9.17, 15) is 14.4 Å². The number of rotatable bonds is 8. The summed E-state index contributed by atoms with van der Waals surface area (Å²) in [4.78, 5) is 37.2. The van der Waals surface area contributed by atoms with Crippen molar-refractivity contribution in [3.05, 3.63) is 42.1 Å². The Kier molecular flexibility index (Phi) is 7.90. The molecule has 1 aromatic carbocycles. The average molecular weight is 332 g/mol. The normalized spacial score (nSPS) is 14.0. The highest BCUT2D eigenvalue weighted by Gasteiger charge is 2.25. The van der Waals surface area contributed by atoms with Gasteiger partial charge in [-0.1, -0.05) is 30.3 Å². The van der Waals surface area contributed by atoms with Gasteiger partial charge < -0.3 is 15.2 Å². The summed E-state index contributed by atoms with van der Waals surface area (Å²) in [5, 5.41) is 0. The van der Waals surface area contributed by atoms with E-state index in [-0.39, 0.29) is 6.42 Å². The van der Waals surface area contributed by atoms with Gasteiger partial charge in [0.15, 0.2) is 18.5 Å². The molecule has 0 heterocycles. The van der Waals surface area contributed by atoms with Gasteiger partial charge in [-0.05, 0) is 5.56 Å². The zero-order valence-electron chi connectivity index (χ0n) is 13.5. The number of nitrogens with two attached hydrogens (primary N) is 1. The third kappa shape index (κ3) is 6.87. The monoisotopic (exact) mass is 332 g/mol. The highest BCUT2D eigenvalue weighted by Crippen LogP contribution is 2.09. The summed E-state index contributed by atoms with van der Waals surface area (Å²) in [5.41, 5.74) is 7.16. The number of carbonyl (C=O) groups is 3. The number of benzene rings is 1. The molecule has 128 valence electrons. The van der Waals surface area contributed by atoms with Crippen LogP contribution in [0.2, 0.25) is 0 Å². The van der Waals surface area contributed by atoms with Crippen molar-refractivity contribution >= 4 is 30.1 Å². The predicted molar refractivity (Wildman–Crippen MR) is 88.9 cm³/mol. The number of hydrogen-bond donors (Lipinski definition) is 1. The zero-order chi connectivity index (χ0) is 17.9. The van der Waals surface area contributed by atoms with Crippen LogP contribution in [0.4, 0.5) is 0 Å². The second-order valence-electron chi connectivity index (χ2n) is 4.88. The largest absolute Gasteiger partial charge is 0.458 e. The molecular weight excluding hydrogens is 312 g/mol. The van der Waals surface area contributed by atoms with E-state index in [0.29, 0.717) is 12.0 Å². The minimum absolute atomic E-state index is 0.0921. The first kappa shape index (κ1) is 19.1. The van der Waals surface area contributed by atoms with Crippen LogP contribution >= 0.6 is 0 Å². The second kappa shape index (κ2) is 9.94. The third-order valence-corrected chi connectivity index (χ3v) is 2.88. The van der Waals surface area contributed by atoms with Crippen LogP contribution in [0.25, 0.3) is 5.70 Å². The Bertz CT molecular complexity index is 625. The highest BCUT2D eigenvalue weighted by atomic mass is 16.6. The molecule has 0 radical (unpaired) electrons. The maximum absolute atomic E-state index is 11.1. The van der Waals surface area contributed by atoms with Crippen LogP contribution in [0.5, 0.6) is 0 Å². The maximum atomic E-state index is 11.1. The van der Waals surface area contributed by atoms with Crippen LogP contribution in [0.1, 0.15) is 25.8 Å². The van der Waals surface area contributed by atoms with Crippen molar-refractivity contribution in [1.82, 2.24) is 0 Å². The van der Waals surface area contributed by atoms with Crippen molar-refractivity contribution in [2.24, 2.45) is 10.7 Å². The van der Waals surface area contributed by atoms with Crippen molar-refractivity contribution in [2.45, 2.75) is 32.5 Å². The van der Waals surface area contributed by atoms with E-state index in [0.717, 1.165) is 5.56 Å². The smallest absolute Gasteiger partial charge is 0.303 e. The van der Waals surface area contributed by atoms with Gasteiger partial charge in [-0.25, -0.2) is 0 Å². The molecular formula is C17H20N2O5. The zero-order valence-corrected chi connectivity index (χ0v) is 13.5. The van der Waals surface area contributed by atoms with Crippen molar-refractivity contribution in [3.63, 3.8) is 0 Å². The first-order chi connectivity index (χ1) is 11.4. The summed E-state index contributed by atoms with van der Waals surface area (Å²) in [7, 11) is 0. The lowest BCUT2D eigenvalue weighted by Gasteiger charge is -2.20. The van der Waals surface area contributed by atoms with Crippen molar-refractivity contribution in [3.8, 4) is 0 Å². The van der Waals surface area contributed by atoms with Gasteiger partial charge in [0, 0.05) is 32.7 Å². The first-order valence-corrected chi connectivity index (χ1v) is 7.26. The number of aldehydes is 1. The molecule has 1 unspecified atom stereocenters. The highest BCUT2D eigenvalue weighted by molar-refractivity contribution is 5.73. The van der Waals surface area contributed by atoms with E-state index in [1.807, 2.05) is 30.3 Å². The van der Waals surface area contributed by atoms with Gasteiger partial charge >= 0.3 is 11.9 Å². The molecule has 0 aliphatic carbocycles. The lowest BCUT2D eigenvalue weighted by Crippen LogP contribution is -2.36. The summed E-state index contributed by atoms with van der Waals surface area (Å²) in [6.45, 7) is 2.37. The van der Waals surface area contributed by atoms with Gasteiger partial charge in [0.2, 0.25) is 0 Å². The summed E-state index contributed by atoms with van der Waals surface area (Å²) in [5.74, 6) is -1.24. The third-order valence-electron chi connectivity index (χ3n) is 2.88. The Balaban J connectivity index is 2.74. The molecule has 24 heavy (non-hydrogen) atoms. The minimum Gasteiger partial charge on any atom is -0.458 e. The molecule has 0 aliphatic rings. The summed E-state index contributed by atoms with van der Waals surface area (Å²) in [6.07, 6.45) is 1.25. The Labute approximate surface area is 140 Å². The van der Waals surface area contributed by atoms with Gasteiger partial charge in [-0.3, -0.25) is 19.4 Å². The number of ether oxygens (including phenoxy) is 2. The van der Waals surface area contributed by atoms with Crippen molar-refractivity contribution in [2.75, 3.05) is 0 Å². The quantitative estimate of drug-likeness (QED) is 0.439. The Morgan fingerprint density at radius 2 is 1.79 bits per heavy atom. The molecule has 2 atom stereocenters. The van der Waals surface area contributed by atoms with Crippen LogP contribution in [-0.2, 0) is 23.9 Å². The Morgan fingerprint density at radius 3 is 2.33 bits per heavy atom. The second-order valence-corrected chi connectivity index (χ2v) is 4.88. The van der Waals surface area contributed by atoms with E-state index < -0.39 is 24.1 Å². The molecule has 1 rings (SSSR count). The maximum Gasteiger partial charge on any atom is 0.303 e. The molecule has 0 spiro atoms. The molecule has 0 bridgehead atoms. The number of aliphatic imine (C=N–C) groups is 1. The van der Waals surface area contributed by atoms with Crippen LogP contribution < -0.4 is 5.73 Å². The fraction of sp³-hybridized carbons (Fsp3) is 0.294. The van der Waals surface area contributed by atoms with Gasteiger partial charge in [0.05, 0.1) is 5.70 Å². The standard InChI is InChI=1S/C17H20N2O5/c1-12(21)23-16(17(11-20)24-13(2)22)8-9-19-10-15(18)14-6-4-3-5-7-14/h3-7,9-11,16-17H,8,18H2,1-2H3/b15-10-,19-9?/t16?,17-/m0/s1. The van der Waals surface area contributed by atoms with Crippen molar-refractivity contribution < 1.29 is 23.9 Å². The molecule has 7 heteroatoms. The van der Waals surface area contributed by atoms with Gasteiger partial charge in [0.25, 0.3) is 0 Å². The summed E-state index contributed by atoms with van der Waals surface area (Å²) in [6, 6.07) is 9.26. The number of nitrogens with zero attached hydrogens (tertiary/aromatic N) is 1. The van der Waals surface area contributed by atoms with E-state index in [4.69, 9.17) is 15.2 Å². The molecule has 0 fully saturated rings. The molecule has 0 aromatic heterocycles. The molecule has 2 N–H and O–H groups in total. The van der Waals surface area contributed by atoms with Crippen LogP contribution in [0, 0.1) is 0 Å². The van der Waals surface area contributed by atoms with Gasteiger partial charge in [-0.15, -0.1) is 0 Å². The van der Waals surface area contributed by atoms with Gasteiger partial charge in [-0.2, -0.15) is 0 Å². The molecule has 1 aromatic rings. The summed E-state index contributed by atoms with van der Waals surface area (Å²) >= 11 is 0. The predicted octanol–water partition coefficient (Wildman–Crippen LogP) is 1.47. The number of carbonyl (C=O) groups excluding carboxylic acids is 3. The van der Waals surface area contributed by atoms with Gasteiger partial charge in [0.1, 0.15) is 0 Å². The average Bonchev–Trinajstić information content (AvgIpc) is 2.55. The van der Waals surface area contributed by atoms with E-state index in [1.54, 1.807) is 0 Å². The lowest BCUT2D eigenvalue weighted by molar-refractivity contribution is -0.165. The van der Waals surface area contributed by atoms with Crippen LogP contribution in [0.3, 0.4) is 0 Å². The summed E-state index contributed by atoms with van der Waals surface area (Å²) < 4.78 is 9.83. The molecule has 0 saturated heterocycles. The fourth-order valence-electron chi connectivity index (χ4n) is 1.85. The van der Waals surface area contributed by atoms with E-state index >= 15 is 0 Å². The number of hydrogen-bond acceptors (Lipinski definition) is 7. The Morgan fingerprint density at radius 1 is 1.17 bits per heavy atom. The lowest BCUT2D eigenvalue weighted by atomic mass is 10.1. The van der Waals surface area contributed by atoms with Crippen LogP contribution in [0.15, 0.2) is 41.5 Å².